The largest absolute Gasteiger partial charge is 0.361 e. The van der Waals surface area contributed by atoms with E-state index in [4.69, 9.17) is 0 Å². The van der Waals surface area contributed by atoms with E-state index < -0.39 is 0 Å². The van der Waals surface area contributed by atoms with Gasteiger partial charge < -0.3 is 4.90 Å². The van der Waals surface area contributed by atoms with Crippen LogP contribution in [-0.4, -0.2) is 30.6 Å². The number of azo groups is 1. The highest BCUT2D eigenvalue weighted by Gasteiger charge is 2.08. The van der Waals surface area contributed by atoms with Crippen LogP contribution in [0.3, 0.4) is 0 Å². The van der Waals surface area contributed by atoms with Crippen LogP contribution in [0, 0.1) is 0 Å². The van der Waals surface area contributed by atoms with Crippen LogP contribution in [0.5, 0.6) is 0 Å². The summed E-state index contributed by atoms with van der Waals surface area (Å²) in [6.07, 6.45) is 0. The first kappa shape index (κ1) is 10.1. The molecule has 0 fully saturated rings. The molecule has 64 valence electrons. The standard InChI is InChI=1S/C7H15N3O/c1-7(2,3)9-8-6(11)10(4)5/h1-5H3. The van der Waals surface area contributed by atoms with Crippen LogP contribution in [-0.2, 0) is 0 Å². The Morgan fingerprint density at radius 2 is 1.73 bits per heavy atom. The Bertz CT molecular complexity index is 167. The van der Waals surface area contributed by atoms with Crippen molar-refractivity contribution in [2.24, 2.45) is 10.2 Å². The van der Waals surface area contributed by atoms with Gasteiger partial charge in [0.15, 0.2) is 0 Å². The van der Waals surface area contributed by atoms with Gasteiger partial charge in [-0.25, -0.2) is 4.79 Å². The summed E-state index contributed by atoms with van der Waals surface area (Å²) in [6, 6.07) is -0.320. The maximum Gasteiger partial charge on any atom is 0.361 e. The number of hydrogen-bond acceptors (Lipinski definition) is 2. The van der Waals surface area contributed by atoms with Crippen LogP contribution in [0.15, 0.2) is 10.2 Å². The molecule has 0 saturated carbocycles. The number of nitrogens with zero attached hydrogens (tertiary/aromatic N) is 3. The predicted molar refractivity (Wildman–Crippen MR) is 43.7 cm³/mol. The molecule has 0 unspecified atom stereocenters. The van der Waals surface area contributed by atoms with Crippen molar-refractivity contribution < 1.29 is 4.79 Å². The number of urea groups is 1. The summed E-state index contributed by atoms with van der Waals surface area (Å²) >= 11 is 0. The van der Waals surface area contributed by atoms with Gasteiger partial charge in [0.2, 0.25) is 0 Å². The summed E-state index contributed by atoms with van der Waals surface area (Å²) in [5.74, 6) is 0. The van der Waals surface area contributed by atoms with E-state index in [0.29, 0.717) is 0 Å². The van der Waals surface area contributed by atoms with E-state index in [1.165, 1.54) is 4.90 Å². The van der Waals surface area contributed by atoms with Gasteiger partial charge in [0.05, 0.1) is 5.54 Å². The Labute approximate surface area is 67.3 Å². The minimum Gasteiger partial charge on any atom is -0.328 e. The van der Waals surface area contributed by atoms with E-state index in [9.17, 15) is 4.79 Å². The Morgan fingerprint density at radius 1 is 1.27 bits per heavy atom. The molecule has 11 heavy (non-hydrogen) atoms. The summed E-state index contributed by atoms with van der Waals surface area (Å²) in [5.41, 5.74) is -0.272. The fourth-order valence-electron chi connectivity index (χ4n) is 0.282. The molecule has 0 saturated heterocycles. The van der Waals surface area contributed by atoms with Crippen molar-refractivity contribution in [3.63, 3.8) is 0 Å². The third-order valence-electron chi connectivity index (χ3n) is 0.818. The Morgan fingerprint density at radius 3 is 2.00 bits per heavy atom. The minimum atomic E-state index is -0.320. The number of hydrogen-bond donors (Lipinski definition) is 0. The first-order chi connectivity index (χ1) is 4.83. The third kappa shape index (κ3) is 5.51. The van der Waals surface area contributed by atoms with Gasteiger partial charge in [-0.2, -0.15) is 5.11 Å². The number of carbonyl (C=O) groups is 1. The molecule has 0 bridgehead atoms. The van der Waals surface area contributed by atoms with E-state index >= 15 is 0 Å². The van der Waals surface area contributed by atoms with E-state index in [2.05, 4.69) is 10.2 Å². The van der Waals surface area contributed by atoms with Gasteiger partial charge in [-0.05, 0) is 20.8 Å². The lowest BCUT2D eigenvalue weighted by molar-refractivity contribution is 0.224. The van der Waals surface area contributed by atoms with Crippen molar-refractivity contribution >= 4 is 6.03 Å². The van der Waals surface area contributed by atoms with Gasteiger partial charge in [-0.15, -0.1) is 0 Å². The molecule has 0 rings (SSSR count). The maximum absolute atomic E-state index is 10.9. The molecule has 0 N–H and O–H groups in total. The molecule has 0 aliphatic carbocycles. The van der Waals surface area contributed by atoms with Gasteiger partial charge in [0, 0.05) is 14.1 Å². The number of carbonyl (C=O) groups excluding carboxylic acids is 1. The molecule has 2 amide bonds. The molecule has 0 aromatic carbocycles. The second kappa shape index (κ2) is 3.46. The molecule has 0 aromatic rings. The zero-order valence-corrected chi connectivity index (χ0v) is 7.75. The number of amides is 2. The quantitative estimate of drug-likeness (QED) is 0.495. The van der Waals surface area contributed by atoms with E-state index in [-0.39, 0.29) is 11.6 Å². The monoisotopic (exact) mass is 157 g/mol. The average Bonchev–Trinajstić information content (AvgIpc) is 1.80. The smallest absolute Gasteiger partial charge is 0.328 e. The zero-order valence-electron chi connectivity index (χ0n) is 7.75. The van der Waals surface area contributed by atoms with Crippen molar-refractivity contribution in [1.82, 2.24) is 4.90 Å². The average molecular weight is 157 g/mol. The fourth-order valence-corrected chi connectivity index (χ4v) is 0.282. The second-order valence-electron chi connectivity index (χ2n) is 3.55. The highest BCUT2D eigenvalue weighted by molar-refractivity contribution is 5.73. The van der Waals surface area contributed by atoms with E-state index in [1.54, 1.807) is 14.1 Å². The third-order valence-corrected chi connectivity index (χ3v) is 0.818. The van der Waals surface area contributed by atoms with Gasteiger partial charge in [0.25, 0.3) is 0 Å². The van der Waals surface area contributed by atoms with Crippen LogP contribution >= 0.6 is 0 Å². The predicted octanol–water partition coefficient (Wildman–Crippen LogP) is 1.92. The van der Waals surface area contributed by atoms with Gasteiger partial charge >= 0.3 is 6.03 Å². The Balaban J connectivity index is 4.05. The molecule has 0 heterocycles. The first-order valence-corrected chi connectivity index (χ1v) is 3.47. The molecule has 0 aromatic heterocycles. The lowest BCUT2D eigenvalue weighted by Crippen LogP contribution is -2.18. The Hall–Kier alpha value is -0.930. The highest BCUT2D eigenvalue weighted by Crippen LogP contribution is 2.06. The van der Waals surface area contributed by atoms with Gasteiger partial charge in [0.1, 0.15) is 0 Å². The fraction of sp³-hybridized carbons (Fsp3) is 0.857. The lowest BCUT2D eigenvalue weighted by atomic mass is 10.1. The summed E-state index contributed by atoms with van der Waals surface area (Å²) in [7, 11) is 3.29. The Kier molecular flexibility index (Phi) is 3.17. The first-order valence-electron chi connectivity index (χ1n) is 3.47. The van der Waals surface area contributed by atoms with Crippen molar-refractivity contribution in [3.05, 3.63) is 0 Å². The molecule has 4 nitrogen and oxygen atoms in total. The second-order valence-corrected chi connectivity index (χ2v) is 3.55. The van der Waals surface area contributed by atoms with Gasteiger partial charge in [-0.1, -0.05) is 5.11 Å². The minimum absolute atomic E-state index is 0.272. The summed E-state index contributed by atoms with van der Waals surface area (Å²) in [4.78, 5) is 12.2. The molecule has 0 radical (unpaired) electrons. The van der Waals surface area contributed by atoms with Crippen LogP contribution < -0.4 is 0 Å². The highest BCUT2D eigenvalue weighted by atomic mass is 16.2. The molecular weight excluding hydrogens is 142 g/mol. The topological polar surface area (TPSA) is 45.0 Å². The lowest BCUT2D eigenvalue weighted by Gasteiger charge is -2.10. The van der Waals surface area contributed by atoms with Crippen molar-refractivity contribution in [3.8, 4) is 0 Å². The van der Waals surface area contributed by atoms with Crippen LogP contribution in [0.2, 0.25) is 0 Å². The van der Waals surface area contributed by atoms with Crippen molar-refractivity contribution in [2.45, 2.75) is 26.3 Å². The SMILES string of the molecule is CN(C)C(=O)N=NC(C)(C)C. The van der Waals surface area contributed by atoms with Crippen LogP contribution in [0.25, 0.3) is 0 Å². The number of rotatable bonds is 0. The molecule has 4 heteroatoms. The molecular formula is C7H15N3O. The van der Waals surface area contributed by atoms with E-state index in [1.807, 2.05) is 20.8 Å². The van der Waals surface area contributed by atoms with Crippen molar-refractivity contribution in [2.75, 3.05) is 14.1 Å². The van der Waals surface area contributed by atoms with Crippen LogP contribution in [0.1, 0.15) is 20.8 Å². The maximum atomic E-state index is 10.9. The van der Waals surface area contributed by atoms with Crippen LogP contribution in [0.4, 0.5) is 4.79 Å². The molecule has 0 aliphatic rings. The summed E-state index contributed by atoms with van der Waals surface area (Å²) < 4.78 is 0. The molecule has 0 aliphatic heterocycles. The normalized spacial score (nSPS) is 12.1. The van der Waals surface area contributed by atoms with Crippen molar-refractivity contribution in [1.29, 1.82) is 0 Å². The molecule has 0 atom stereocenters. The summed E-state index contributed by atoms with van der Waals surface area (Å²) in [6.45, 7) is 5.66. The van der Waals surface area contributed by atoms with Gasteiger partial charge in [-0.3, -0.25) is 0 Å². The van der Waals surface area contributed by atoms with E-state index in [0.717, 1.165) is 0 Å². The molecule has 0 spiro atoms. The zero-order chi connectivity index (χ0) is 9.07. The summed E-state index contributed by atoms with van der Waals surface area (Å²) in [5, 5.41) is 7.32.